The lowest BCUT2D eigenvalue weighted by Gasteiger charge is -2.21. The van der Waals surface area contributed by atoms with Crippen LogP contribution in [0.3, 0.4) is 0 Å². The highest BCUT2D eigenvalue weighted by molar-refractivity contribution is 7.25. The SMILES string of the molecule is CC1(C)c2ccccc2-c2cc(Nc3ccc(-c4cccc5sc6ccccc6c45)cc3)ccc21. The van der Waals surface area contributed by atoms with E-state index in [9.17, 15) is 0 Å². The number of hydrogen-bond donors (Lipinski definition) is 1. The number of thiophene rings is 1. The van der Waals surface area contributed by atoms with Crippen molar-refractivity contribution in [3.8, 4) is 22.3 Å². The Morgan fingerprint density at radius 2 is 1.26 bits per heavy atom. The molecule has 168 valence electrons. The molecule has 5 aromatic carbocycles. The van der Waals surface area contributed by atoms with Crippen LogP contribution in [0.4, 0.5) is 11.4 Å². The van der Waals surface area contributed by atoms with Crippen molar-refractivity contribution in [2.45, 2.75) is 19.3 Å². The maximum Gasteiger partial charge on any atom is 0.0390 e. The minimum Gasteiger partial charge on any atom is -0.356 e. The van der Waals surface area contributed by atoms with Gasteiger partial charge in [0.1, 0.15) is 0 Å². The molecule has 0 amide bonds. The van der Waals surface area contributed by atoms with Crippen molar-refractivity contribution in [3.63, 3.8) is 0 Å². The standard InChI is InChI=1S/C33H25NS/c1-33(2)28-11-5-3-8-25(28)27-20-23(18-19-29(27)33)34-22-16-14-21(15-17-22)24-10-7-13-31-32(24)26-9-4-6-12-30(26)35-31/h3-20,34H,1-2H3. The lowest BCUT2D eigenvalue weighted by Crippen LogP contribution is -2.14. The minimum absolute atomic E-state index is 0.0406. The highest BCUT2D eigenvalue weighted by Gasteiger charge is 2.34. The molecule has 2 heteroatoms. The van der Waals surface area contributed by atoms with E-state index in [1.165, 1.54) is 53.6 Å². The van der Waals surface area contributed by atoms with Gasteiger partial charge in [0, 0.05) is 37.0 Å². The van der Waals surface area contributed by atoms with E-state index >= 15 is 0 Å². The Morgan fingerprint density at radius 1 is 0.571 bits per heavy atom. The molecule has 0 bridgehead atoms. The third-order valence-corrected chi connectivity index (χ3v) is 8.61. The number of hydrogen-bond acceptors (Lipinski definition) is 2. The van der Waals surface area contributed by atoms with Crippen molar-refractivity contribution in [2.75, 3.05) is 5.32 Å². The molecule has 0 aliphatic heterocycles. The summed E-state index contributed by atoms with van der Waals surface area (Å²) in [6.07, 6.45) is 0. The molecular weight excluding hydrogens is 442 g/mol. The number of rotatable bonds is 3. The Hall–Kier alpha value is -3.88. The zero-order valence-corrected chi connectivity index (χ0v) is 20.6. The zero-order valence-electron chi connectivity index (χ0n) is 19.8. The quantitative estimate of drug-likeness (QED) is 0.273. The Bertz CT molecular complexity index is 1740. The van der Waals surface area contributed by atoms with Gasteiger partial charge in [-0.25, -0.2) is 0 Å². The second-order valence-corrected chi connectivity index (χ2v) is 11.0. The summed E-state index contributed by atoms with van der Waals surface area (Å²) in [4.78, 5) is 0. The number of benzene rings is 5. The zero-order chi connectivity index (χ0) is 23.6. The molecule has 0 spiro atoms. The van der Waals surface area contributed by atoms with Gasteiger partial charge in [0.2, 0.25) is 0 Å². The summed E-state index contributed by atoms with van der Waals surface area (Å²) in [5, 5.41) is 6.33. The largest absolute Gasteiger partial charge is 0.356 e. The van der Waals surface area contributed by atoms with Gasteiger partial charge in [-0.1, -0.05) is 86.6 Å². The van der Waals surface area contributed by atoms with Crippen LogP contribution in [0.1, 0.15) is 25.0 Å². The fourth-order valence-corrected chi connectivity index (χ4v) is 6.85. The Labute approximate surface area is 209 Å². The smallest absolute Gasteiger partial charge is 0.0390 e. The van der Waals surface area contributed by atoms with Crippen LogP contribution in [0.25, 0.3) is 42.4 Å². The molecule has 0 fully saturated rings. The molecule has 1 heterocycles. The number of anilines is 2. The highest BCUT2D eigenvalue weighted by Crippen LogP contribution is 2.49. The van der Waals surface area contributed by atoms with Crippen LogP contribution in [0, 0.1) is 0 Å². The third-order valence-electron chi connectivity index (χ3n) is 7.47. The van der Waals surface area contributed by atoms with E-state index in [-0.39, 0.29) is 5.41 Å². The summed E-state index contributed by atoms with van der Waals surface area (Å²) in [6.45, 7) is 4.64. The van der Waals surface area contributed by atoms with Crippen LogP contribution in [0.15, 0.2) is 109 Å². The predicted octanol–water partition coefficient (Wildman–Crippen LogP) is 9.77. The van der Waals surface area contributed by atoms with E-state index < -0.39 is 0 Å². The van der Waals surface area contributed by atoms with E-state index in [4.69, 9.17) is 0 Å². The van der Waals surface area contributed by atoms with Crippen LogP contribution < -0.4 is 5.32 Å². The van der Waals surface area contributed by atoms with Gasteiger partial charge in [0.25, 0.3) is 0 Å². The fourth-order valence-electron chi connectivity index (χ4n) is 5.71. The van der Waals surface area contributed by atoms with Gasteiger partial charge in [0.05, 0.1) is 0 Å². The lowest BCUT2D eigenvalue weighted by molar-refractivity contribution is 0.660. The summed E-state index contributed by atoms with van der Waals surface area (Å²) >= 11 is 1.87. The lowest BCUT2D eigenvalue weighted by atomic mass is 9.82. The first-order valence-electron chi connectivity index (χ1n) is 12.1. The van der Waals surface area contributed by atoms with Gasteiger partial charge in [-0.2, -0.15) is 0 Å². The van der Waals surface area contributed by atoms with Gasteiger partial charge < -0.3 is 5.32 Å². The van der Waals surface area contributed by atoms with Crippen molar-refractivity contribution < 1.29 is 0 Å². The topological polar surface area (TPSA) is 12.0 Å². The average Bonchev–Trinajstić information content (AvgIpc) is 3.38. The molecule has 1 N–H and O–H groups in total. The van der Waals surface area contributed by atoms with Gasteiger partial charge in [-0.3, -0.25) is 0 Å². The molecule has 1 nitrogen and oxygen atoms in total. The first kappa shape index (κ1) is 20.5. The average molecular weight is 468 g/mol. The third kappa shape index (κ3) is 3.14. The molecule has 0 unspecified atom stereocenters. The van der Waals surface area contributed by atoms with Gasteiger partial charge >= 0.3 is 0 Å². The van der Waals surface area contributed by atoms with Gasteiger partial charge in [-0.05, 0) is 69.8 Å². The molecule has 1 aliphatic carbocycles. The van der Waals surface area contributed by atoms with E-state index in [2.05, 4.69) is 128 Å². The monoisotopic (exact) mass is 467 g/mol. The van der Waals surface area contributed by atoms with E-state index in [1.54, 1.807) is 0 Å². The van der Waals surface area contributed by atoms with E-state index in [0.29, 0.717) is 0 Å². The van der Waals surface area contributed by atoms with Crippen molar-refractivity contribution >= 4 is 42.9 Å². The fraction of sp³-hybridized carbons (Fsp3) is 0.0909. The second kappa shape index (κ2) is 7.56. The van der Waals surface area contributed by atoms with Gasteiger partial charge in [-0.15, -0.1) is 11.3 Å². The maximum atomic E-state index is 3.63. The summed E-state index contributed by atoms with van der Waals surface area (Å²) in [5.41, 5.74) is 10.3. The first-order chi connectivity index (χ1) is 17.1. The van der Waals surface area contributed by atoms with Gasteiger partial charge in [0.15, 0.2) is 0 Å². The summed E-state index contributed by atoms with van der Waals surface area (Å²) in [6, 6.07) is 39.8. The van der Waals surface area contributed by atoms with Crippen molar-refractivity contribution in [3.05, 3.63) is 120 Å². The predicted molar refractivity (Wildman–Crippen MR) is 152 cm³/mol. The molecule has 0 saturated carbocycles. The van der Waals surface area contributed by atoms with Crippen LogP contribution >= 0.6 is 11.3 Å². The molecule has 1 aliphatic rings. The molecule has 35 heavy (non-hydrogen) atoms. The van der Waals surface area contributed by atoms with Crippen LogP contribution in [-0.4, -0.2) is 0 Å². The Balaban J connectivity index is 1.23. The van der Waals surface area contributed by atoms with Crippen LogP contribution in [-0.2, 0) is 5.41 Å². The normalized spacial score (nSPS) is 13.7. The molecule has 6 aromatic rings. The van der Waals surface area contributed by atoms with E-state index in [0.717, 1.165) is 11.4 Å². The van der Waals surface area contributed by atoms with Crippen LogP contribution in [0.5, 0.6) is 0 Å². The molecular formula is C33H25NS. The Morgan fingerprint density at radius 3 is 2.14 bits per heavy atom. The summed E-state index contributed by atoms with van der Waals surface area (Å²) in [5.74, 6) is 0. The maximum absolute atomic E-state index is 3.63. The highest BCUT2D eigenvalue weighted by atomic mass is 32.1. The van der Waals surface area contributed by atoms with Crippen LogP contribution in [0.2, 0.25) is 0 Å². The molecule has 0 radical (unpaired) electrons. The summed E-state index contributed by atoms with van der Waals surface area (Å²) in [7, 11) is 0. The molecule has 0 saturated heterocycles. The first-order valence-corrected chi connectivity index (χ1v) is 12.9. The summed E-state index contributed by atoms with van der Waals surface area (Å²) < 4.78 is 2.68. The molecule has 1 aromatic heterocycles. The van der Waals surface area contributed by atoms with Crippen molar-refractivity contribution in [1.82, 2.24) is 0 Å². The molecule has 0 atom stereocenters. The van der Waals surface area contributed by atoms with Crippen molar-refractivity contribution in [2.24, 2.45) is 0 Å². The molecule has 7 rings (SSSR count). The minimum atomic E-state index is 0.0406. The second-order valence-electron chi connectivity index (χ2n) is 9.91. The van der Waals surface area contributed by atoms with Crippen molar-refractivity contribution in [1.29, 1.82) is 0 Å². The number of fused-ring (bicyclic) bond motifs is 6. The Kier molecular flexibility index (Phi) is 4.43. The number of nitrogens with one attached hydrogen (secondary N) is 1. The van der Waals surface area contributed by atoms with E-state index in [1.807, 2.05) is 11.3 Å².